The average molecular weight is 340 g/mol. The molecule has 0 aliphatic rings. The first-order valence-corrected chi connectivity index (χ1v) is 7.61. The highest BCUT2D eigenvalue weighted by atomic mass is 19.1. The normalized spacial score (nSPS) is 10.7. The third-order valence-electron chi connectivity index (χ3n) is 4.06. The van der Waals surface area contributed by atoms with E-state index < -0.39 is 11.7 Å². The number of ether oxygens (including phenoxy) is 2. The Hall–Kier alpha value is -3.15. The Balaban J connectivity index is 2.06. The highest BCUT2D eigenvalue weighted by molar-refractivity contribution is 5.92. The Labute approximate surface area is 144 Å². The maximum Gasteiger partial charge on any atom is 0.248 e. The van der Waals surface area contributed by atoms with Gasteiger partial charge in [0.25, 0.3) is 0 Å². The number of methoxy groups -OCH3 is 2. The second-order valence-corrected chi connectivity index (χ2v) is 5.54. The van der Waals surface area contributed by atoms with Gasteiger partial charge in [0.05, 0.1) is 19.7 Å². The SMILES string of the molecule is COc1cc2nccc(Cc3ccc(C(N)=O)cc3F)c2cc1OC. The highest BCUT2D eigenvalue weighted by Gasteiger charge is 2.13. The molecule has 0 bridgehead atoms. The van der Waals surface area contributed by atoms with Gasteiger partial charge in [0.2, 0.25) is 5.91 Å². The minimum Gasteiger partial charge on any atom is -0.493 e. The van der Waals surface area contributed by atoms with E-state index in [1.54, 1.807) is 32.5 Å². The quantitative estimate of drug-likeness (QED) is 0.774. The molecular weight excluding hydrogens is 323 g/mol. The van der Waals surface area contributed by atoms with Gasteiger partial charge >= 0.3 is 0 Å². The van der Waals surface area contributed by atoms with Crippen molar-refractivity contribution in [3.05, 3.63) is 65.1 Å². The molecule has 0 aliphatic carbocycles. The third kappa shape index (κ3) is 3.24. The fraction of sp³-hybridized carbons (Fsp3) is 0.158. The van der Waals surface area contributed by atoms with Crippen LogP contribution in [0.5, 0.6) is 11.5 Å². The molecule has 0 saturated heterocycles. The summed E-state index contributed by atoms with van der Waals surface area (Å²) in [6, 6.07) is 9.69. The molecule has 25 heavy (non-hydrogen) atoms. The fourth-order valence-electron chi connectivity index (χ4n) is 2.73. The molecule has 1 amide bonds. The molecule has 0 aliphatic heterocycles. The van der Waals surface area contributed by atoms with Crippen molar-refractivity contribution in [2.45, 2.75) is 6.42 Å². The summed E-state index contributed by atoms with van der Waals surface area (Å²) in [5.74, 6) is 0.0313. The second kappa shape index (κ2) is 6.76. The van der Waals surface area contributed by atoms with Crippen LogP contribution in [-0.2, 0) is 6.42 Å². The molecule has 6 heteroatoms. The Morgan fingerprint density at radius 2 is 1.80 bits per heavy atom. The number of carbonyl (C=O) groups excluding carboxylic acids is 1. The topological polar surface area (TPSA) is 74.4 Å². The van der Waals surface area contributed by atoms with Gasteiger partial charge in [0.1, 0.15) is 5.82 Å². The van der Waals surface area contributed by atoms with Crippen LogP contribution in [0.1, 0.15) is 21.5 Å². The summed E-state index contributed by atoms with van der Waals surface area (Å²) >= 11 is 0. The minimum absolute atomic E-state index is 0.146. The number of pyridine rings is 1. The zero-order valence-electron chi connectivity index (χ0n) is 13.9. The van der Waals surface area contributed by atoms with Gasteiger partial charge in [-0.3, -0.25) is 9.78 Å². The number of primary amides is 1. The Bertz CT molecular complexity index is 957. The molecule has 2 aromatic carbocycles. The van der Waals surface area contributed by atoms with Crippen molar-refractivity contribution in [2.24, 2.45) is 5.73 Å². The Morgan fingerprint density at radius 3 is 2.44 bits per heavy atom. The average Bonchev–Trinajstić information content (AvgIpc) is 2.62. The van der Waals surface area contributed by atoms with Crippen molar-refractivity contribution in [2.75, 3.05) is 14.2 Å². The second-order valence-electron chi connectivity index (χ2n) is 5.54. The third-order valence-corrected chi connectivity index (χ3v) is 4.06. The molecule has 0 radical (unpaired) electrons. The molecule has 128 valence electrons. The lowest BCUT2D eigenvalue weighted by atomic mass is 9.99. The summed E-state index contributed by atoms with van der Waals surface area (Å²) in [5.41, 5.74) is 7.40. The van der Waals surface area contributed by atoms with Crippen LogP contribution < -0.4 is 15.2 Å². The van der Waals surface area contributed by atoms with Gasteiger partial charge < -0.3 is 15.2 Å². The number of nitrogens with zero attached hydrogens (tertiary/aromatic N) is 1. The van der Waals surface area contributed by atoms with Crippen LogP contribution in [-0.4, -0.2) is 25.1 Å². The fourth-order valence-corrected chi connectivity index (χ4v) is 2.73. The lowest BCUT2D eigenvalue weighted by Gasteiger charge is -2.12. The zero-order valence-corrected chi connectivity index (χ0v) is 13.9. The van der Waals surface area contributed by atoms with Gasteiger partial charge in [-0.15, -0.1) is 0 Å². The van der Waals surface area contributed by atoms with E-state index in [2.05, 4.69) is 4.98 Å². The molecule has 3 rings (SSSR count). The molecular formula is C19H17FN2O3. The van der Waals surface area contributed by atoms with Crippen molar-refractivity contribution in [1.82, 2.24) is 4.98 Å². The maximum atomic E-state index is 14.3. The molecule has 0 atom stereocenters. The number of hydrogen-bond donors (Lipinski definition) is 1. The van der Waals surface area contributed by atoms with Crippen LogP contribution in [0.15, 0.2) is 42.6 Å². The molecule has 1 heterocycles. The number of rotatable bonds is 5. The smallest absolute Gasteiger partial charge is 0.248 e. The van der Waals surface area contributed by atoms with Gasteiger partial charge in [0, 0.05) is 29.6 Å². The first-order chi connectivity index (χ1) is 12.0. The number of benzene rings is 2. The van der Waals surface area contributed by atoms with Gasteiger partial charge in [-0.05, 0) is 35.4 Å². The van der Waals surface area contributed by atoms with Gasteiger partial charge in [-0.25, -0.2) is 4.39 Å². The Kier molecular flexibility index (Phi) is 4.52. The molecule has 0 spiro atoms. The lowest BCUT2D eigenvalue weighted by Crippen LogP contribution is -2.11. The van der Waals surface area contributed by atoms with Crippen LogP contribution in [0.3, 0.4) is 0 Å². The standard InChI is InChI=1S/C19H17FN2O3/c1-24-17-9-14-11(5-6-22-16(14)10-18(17)25-2)7-12-3-4-13(19(21)23)8-15(12)20/h3-6,8-10H,7H2,1-2H3,(H2,21,23). The maximum absolute atomic E-state index is 14.3. The molecule has 0 unspecified atom stereocenters. The molecule has 3 aromatic rings. The van der Waals surface area contributed by atoms with Gasteiger partial charge in [-0.2, -0.15) is 0 Å². The van der Waals surface area contributed by atoms with Crippen LogP contribution >= 0.6 is 0 Å². The number of halogens is 1. The van der Waals surface area contributed by atoms with E-state index in [0.29, 0.717) is 23.5 Å². The Morgan fingerprint density at radius 1 is 1.08 bits per heavy atom. The van der Waals surface area contributed by atoms with E-state index in [4.69, 9.17) is 15.2 Å². The van der Waals surface area contributed by atoms with Crippen molar-refractivity contribution in [1.29, 1.82) is 0 Å². The van der Waals surface area contributed by atoms with Crippen LogP contribution in [0.4, 0.5) is 4.39 Å². The van der Waals surface area contributed by atoms with Crippen molar-refractivity contribution < 1.29 is 18.7 Å². The van der Waals surface area contributed by atoms with E-state index in [-0.39, 0.29) is 5.56 Å². The van der Waals surface area contributed by atoms with Crippen LogP contribution in [0.25, 0.3) is 10.9 Å². The van der Waals surface area contributed by atoms with Gasteiger partial charge in [0.15, 0.2) is 11.5 Å². The summed E-state index contributed by atoms with van der Waals surface area (Å²) < 4.78 is 24.9. The summed E-state index contributed by atoms with van der Waals surface area (Å²) in [6.07, 6.45) is 2.01. The lowest BCUT2D eigenvalue weighted by molar-refractivity contribution is 0.1000. The number of hydrogen-bond acceptors (Lipinski definition) is 4. The predicted octanol–water partition coefficient (Wildman–Crippen LogP) is 3.08. The van der Waals surface area contributed by atoms with E-state index in [0.717, 1.165) is 22.5 Å². The first-order valence-electron chi connectivity index (χ1n) is 7.61. The summed E-state index contributed by atoms with van der Waals surface area (Å²) in [7, 11) is 3.12. The van der Waals surface area contributed by atoms with Crippen LogP contribution in [0.2, 0.25) is 0 Å². The monoisotopic (exact) mass is 340 g/mol. The largest absolute Gasteiger partial charge is 0.493 e. The van der Waals surface area contributed by atoms with E-state index in [9.17, 15) is 9.18 Å². The van der Waals surface area contributed by atoms with Gasteiger partial charge in [-0.1, -0.05) is 6.07 Å². The van der Waals surface area contributed by atoms with E-state index in [1.807, 2.05) is 12.1 Å². The van der Waals surface area contributed by atoms with Crippen molar-refractivity contribution >= 4 is 16.8 Å². The molecule has 0 fully saturated rings. The molecule has 0 saturated carbocycles. The number of fused-ring (bicyclic) bond motifs is 1. The minimum atomic E-state index is -0.656. The molecule has 1 aromatic heterocycles. The van der Waals surface area contributed by atoms with Crippen molar-refractivity contribution in [3.8, 4) is 11.5 Å². The zero-order chi connectivity index (χ0) is 18.0. The summed E-state index contributed by atoms with van der Waals surface area (Å²) in [6.45, 7) is 0. The predicted molar refractivity (Wildman–Crippen MR) is 92.6 cm³/mol. The molecule has 5 nitrogen and oxygen atoms in total. The first kappa shape index (κ1) is 16.7. The van der Waals surface area contributed by atoms with E-state index in [1.165, 1.54) is 6.07 Å². The highest BCUT2D eigenvalue weighted by Crippen LogP contribution is 2.33. The number of amides is 1. The summed E-state index contributed by atoms with van der Waals surface area (Å²) in [5, 5.41) is 0.846. The summed E-state index contributed by atoms with van der Waals surface area (Å²) in [4.78, 5) is 15.5. The number of aromatic nitrogens is 1. The van der Waals surface area contributed by atoms with Crippen LogP contribution in [0, 0.1) is 5.82 Å². The number of nitrogens with two attached hydrogens (primary N) is 1. The van der Waals surface area contributed by atoms with Crippen molar-refractivity contribution in [3.63, 3.8) is 0 Å². The number of carbonyl (C=O) groups is 1. The molecule has 2 N–H and O–H groups in total. The van der Waals surface area contributed by atoms with E-state index >= 15 is 0 Å².